The van der Waals surface area contributed by atoms with Gasteiger partial charge in [-0.15, -0.1) is 0 Å². The highest BCUT2D eigenvalue weighted by atomic mass is 16.3. The Morgan fingerprint density at radius 2 is 1.54 bits per heavy atom. The zero-order valence-electron chi connectivity index (χ0n) is 13.9. The van der Waals surface area contributed by atoms with Crippen molar-refractivity contribution < 1.29 is 5.11 Å². The second-order valence-corrected chi connectivity index (χ2v) is 5.92. The van der Waals surface area contributed by atoms with E-state index in [2.05, 4.69) is 4.98 Å². The molecule has 0 amide bonds. The fourth-order valence-corrected chi connectivity index (χ4v) is 2.88. The normalized spacial score (nSPS) is 10.6. The van der Waals surface area contributed by atoms with Crippen LogP contribution in [0, 0.1) is 0 Å². The van der Waals surface area contributed by atoms with Gasteiger partial charge in [0, 0.05) is 29.2 Å². The van der Waals surface area contributed by atoms with Crippen LogP contribution in [0.25, 0.3) is 28.1 Å². The molecule has 2 aromatic carbocycles. The van der Waals surface area contributed by atoms with Gasteiger partial charge >= 0.3 is 0 Å². The molecule has 0 bridgehead atoms. The third kappa shape index (κ3) is 3.00. The lowest BCUT2D eigenvalue weighted by atomic mass is 10.0. The summed E-state index contributed by atoms with van der Waals surface area (Å²) in [5, 5.41) is 9.54. The molecular weight excluding hydrogens is 324 g/mol. The van der Waals surface area contributed by atoms with Gasteiger partial charge in [-0.1, -0.05) is 36.4 Å². The molecule has 0 radical (unpaired) electrons. The first-order chi connectivity index (χ1) is 12.7. The molecule has 26 heavy (non-hydrogen) atoms. The fourth-order valence-electron chi connectivity index (χ4n) is 2.88. The van der Waals surface area contributed by atoms with Crippen molar-refractivity contribution in [3.8, 4) is 33.8 Å². The molecule has 0 atom stereocenters. The molecule has 0 unspecified atom stereocenters. The number of rotatable bonds is 3. The van der Waals surface area contributed by atoms with Crippen molar-refractivity contribution in [2.75, 3.05) is 0 Å². The van der Waals surface area contributed by atoms with E-state index in [0.29, 0.717) is 5.56 Å². The van der Waals surface area contributed by atoms with Crippen LogP contribution in [0.3, 0.4) is 0 Å². The Morgan fingerprint density at radius 1 is 0.808 bits per heavy atom. The van der Waals surface area contributed by atoms with E-state index in [4.69, 9.17) is 0 Å². The number of para-hydroxylation sites is 1. The van der Waals surface area contributed by atoms with Crippen molar-refractivity contribution in [1.82, 2.24) is 9.55 Å². The van der Waals surface area contributed by atoms with Crippen LogP contribution in [0.1, 0.15) is 0 Å². The van der Waals surface area contributed by atoms with Gasteiger partial charge in [0.05, 0.1) is 5.69 Å². The molecule has 2 aromatic heterocycles. The van der Waals surface area contributed by atoms with Crippen molar-refractivity contribution in [1.29, 1.82) is 0 Å². The molecule has 0 saturated carbocycles. The van der Waals surface area contributed by atoms with Crippen LogP contribution < -0.4 is 5.56 Å². The SMILES string of the molecule is O=c1c(-c2ccc(O)cc2)cc(-c2ccccn2)cn1-c1ccccc1. The number of pyridine rings is 2. The summed E-state index contributed by atoms with van der Waals surface area (Å²) in [4.78, 5) is 17.5. The van der Waals surface area contributed by atoms with Crippen molar-refractivity contribution in [3.63, 3.8) is 0 Å². The topological polar surface area (TPSA) is 55.1 Å². The van der Waals surface area contributed by atoms with Crippen molar-refractivity contribution in [2.24, 2.45) is 0 Å². The first-order valence-electron chi connectivity index (χ1n) is 8.25. The van der Waals surface area contributed by atoms with E-state index in [9.17, 15) is 9.90 Å². The standard InChI is InChI=1S/C22H16N2O2/c25-19-11-9-16(10-12-19)20-14-17(21-8-4-5-13-23-21)15-24(22(20)26)18-6-2-1-3-7-18/h1-15,25H. The molecule has 0 saturated heterocycles. The van der Waals surface area contributed by atoms with Gasteiger partial charge in [-0.25, -0.2) is 0 Å². The predicted octanol–water partition coefficient (Wildman–Crippen LogP) is 4.27. The second kappa shape index (κ2) is 6.69. The van der Waals surface area contributed by atoms with Crippen molar-refractivity contribution in [3.05, 3.63) is 102 Å². The largest absolute Gasteiger partial charge is 0.508 e. The minimum Gasteiger partial charge on any atom is -0.508 e. The number of nitrogens with zero attached hydrogens (tertiary/aromatic N) is 2. The second-order valence-electron chi connectivity index (χ2n) is 5.92. The third-order valence-electron chi connectivity index (χ3n) is 4.19. The number of hydrogen-bond donors (Lipinski definition) is 1. The summed E-state index contributed by atoms with van der Waals surface area (Å²) in [7, 11) is 0. The van der Waals surface area contributed by atoms with Gasteiger partial charge in [-0.3, -0.25) is 14.3 Å². The van der Waals surface area contributed by atoms with Gasteiger partial charge in [0.2, 0.25) is 0 Å². The van der Waals surface area contributed by atoms with E-state index < -0.39 is 0 Å². The van der Waals surface area contributed by atoms with Gasteiger partial charge in [-0.05, 0) is 48.0 Å². The number of phenolic OH excluding ortho intramolecular Hbond substituents is 1. The predicted molar refractivity (Wildman–Crippen MR) is 102 cm³/mol. The van der Waals surface area contributed by atoms with Crippen LogP contribution in [0.4, 0.5) is 0 Å². The summed E-state index contributed by atoms with van der Waals surface area (Å²) in [6, 6.07) is 23.7. The maximum atomic E-state index is 13.1. The number of hydrogen-bond acceptors (Lipinski definition) is 3. The molecule has 2 heterocycles. The van der Waals surface area contributed by atoms with Gasteiger partial charge in [-0.2, -0.15) is 0 Å². The van der Waals surface area contributed by atoms with Gasteiger partial charge in [0.15, 0.2) is 0 Å². The highest BCUT2D eigenvalue weighted by Gasteiger charge is 2.12. The molecule has 0 aliphatic carbocycles. The summed E-state index contributed by atoms with van der Waals surface area (Å²) in [5.41, 5.74) is 3.60. The Morgan fingerprint density at radius 3 is 2.23 bits per heavy atom. The molecule has 1 N–H and O–H groups in total. The average Bonchev–Trinajstić information content (AvgIpc) is 2.70. The smallest absolute Gasteiger partial charge is 0.262 e. The van der Waals surface area contributed by atoms with Gasteiger partial charge in [0.25, 0.3) is 5.56 Å². The van der Waals surface area contributed by atoms with Crippen molar-refractivity contribution >= 4 is 0 Å². The van der Waals surface area contributed by atoms with Crippen LogP contribution in [-0.4, -0.2) is 14.7 Å². The molecule has 4 heteroatoms. The van der Waals surface area contributed by atoms with Crippen LogP contribution in [-0.2, 0) is 0 Å². The zero-order valence-corrected chi connectivity index (χ0v) is 13.9. The molecule has 0 aliphatic rings. The minimum absolute atomic E-state index is 0.124. The Labute approximate surface area is 150 Å². The number of benzene rings is 2. The van der Waals surface area contributed by atoms with Crippen LogP contribution in [0.15, 0.2) is 96.1 Å². The molecule has 0 aliphatic heterocycles. The molecule has 0 fully saturated rings. The number of aromatic hydroxyl groups is 1. The summed E-state index contributed by atoms with van der Waals surface area (Å²) >= 11 is 0. The average molecular weight is 340 g/mol. The molecule has 126 valence electrons. The maximum Gasteiger partial charge on any atom is 0.262 e. The summed E-state index contributed by atoms with van der Waals surface area (Å²) in [6.07, 6.45) is 3.54. The Balaban J connectivity index is 1.99. The molecule has 4 aromatic rings. The molecule has 0 spiro atoms. The number of phenols is 1. The monoisotopic (exact) mass is 340 g/mol. The van der Waals surface area contributed by atoms with E-state index in [0.717, 1.165) is 22.5 Å². The quantitative estimate of drug-likeness (QED) is 0.606. The van der Waals surface area contributed by atoms with Gasteiger partial charge in [0.1, 0.15) is 5.75 Å². The van der Waals surface area contributed by atoms with E-state index in [1.165, 1.54) is 0 Å². The van der Waals surface area contributed by atoms with Crippen LogP contribution in [0.2, 0.25) is 0 Å². The Bertz CT molecular complexity index is 1090. The van der Waals surface area contributed by atoms with Gasteiger partial charge < -0.3 is 5.11 Å². The number of aromatic nitrogens is 2. The fraction of sp³-hybridized carbons (Fsp3) is 0. The lowest BCUT2D eigenvalue weighted by molar-refractivity contribution is 0.475. The lowest BCUT2D eigenvalue weighted by Gasteiger charge is -2.12. The van der Waals surface area contributed by atoms with E-state index in [1.54, 1.807) is 35.0 Å². The van der Waals surface area contributed by atoms with E-state index in [-0.39, 0.29) is 11.3 Å². The van der Waals surface area contributed by atoms with E-state index >= 15 is 0 Å². The Hall–Kier alpha value is -3.66. The molecule has 4 rings (SSSR count). The van der Waals surface area contributed by atoms with Crippen LogP contribution >= 0.6 is 0 Å². The first-order valence-corrected chi connectivity index (χ1v) is 8.25. The summed E-state index contributed by atoms with van der Waals surface area (Å²) in [5.74, 6) is 0.165. The van der Waals surface area contributed by atoms with E-state index in [1.807, 2.05) is 60.8 Å². The third-order valence-corrected chi connectivity index (χ3v) is 4.19. The highest BCUT2D eigenvalue weighted by molar-refractivity contribution is 5.71. The van der Waals surface area contributed by atoms with Crippen molar-refractivity contribution in [2.45, 2.75) is 0 Å². The maximum absolute atomic E-state index is 13.1. The lowest BCUT2D eigenvalue weighted by Crippen LogP contribution is -2.20. The zero-order chi connectivity index (χ0) is 17.9. The Kier molecular flexibility index (Phi) is 4.07. The first kappa shape index (κ1) is 15.8. The molecular formula is C22H16N2O2. The van der Waals surface area contributed by atoms with Crippen LogP contribution in [0.5, 0.6) is 5.75 Å². The summed E-state index contributed by atoms with van der Waals surface area (Å²) in [6.45, 7) is 0. The molecule has 4 nitrogen and oxygen atoms in total. The minimum atomic E-state index is -0.124. The summed E-state index contributed by atoms with van der Waals surface area (Å²) < 4.78 is 1.63. The highest BCUT2D eigenvalue weighted by Crippen LogP contribution is 2.25.